The van der Waals surface area contributed by atoms with Gasteiger partial charge in [0, 0.05) is 11.1 Å². The van der Waals surface area contributed by atoms with Crippen molar-refractivity contribution in [1.29, 1.82) is 0 Å². The molecule has 5 rings (SSSR count). The van der Waals surface area contributed by atoms with E-state index >= 15 is 0 Å². The van der Waals surface area contributed by atoms with Crippen LogP contribution in [0.15, 0.2) is 71.7 Å². The Hall–Kier alpha value is -4.44. The highest BCUT2D eigenvalue weighted by molar-refractivity contribution is 6.30. The van der Waals surface area contributed by atoms with Crippen LogP contribution in [0.4, 0.5) is 5.82 Å². The number of hydrogen-bond acceptors (Lipinski definition) is 6. The van der Waals surface area contributed by atoms with Gasteiger partial charge in [0.25, 0.3) is 11.5 Å². The van der Waals surface area contributed by atoms with Gasteiger partial charge >= 0.3 is 0 Å². The minimum Gasteiger partial charge on any atom is -0.481 e. The molecule has 35 heavy (non-hydrogen) atoms. The Kier molecular flexibility index (Phi) is 5.79. The Morgan fingerprint density at radius 2 is 1.91 bits per heavy atom. The number of rotatable bonds is 6. The summed E-state index contributed by atoms with van der Waals surface area (Å²) < 4.78 is 8.58. The van der Waals surface area contributed by atoms with Gasteiger partial charge in [0.1, 0.15) is 17.0 Å². The fourth-order valence-electron chi connectivity index (χ4n) is 3.54. The van der Waals surface area contributed by atoms with Crippen LogP contribution in [0.3, 0.4) is 0 Å². The van der Waals surface area contributed by atoms with Crippen LogP contribution in [0.2, 0.25) is 5.02 Å². The first-order chi connectivity index (χ1) is 16.9. The van der Waals surface area contributed by atoms with Crippen LogP contribution in [-0.4, -0.2) is 41.5 Å². The molecular weight excluding hydrogens is 470 g/mol. The Morgan fingerprint density at radius 1 is 1.11 bits per heavy atom. The van der Waals surface area contributed by atoms with Crippen molar-refractivity contribution in [3.63, 3.8) is 0 Å². The minimum absolute atomic E-state index is 0.117. The number of amides is 1. The summed E-state index contributed by atoms with van der Waals surface area (Å²) in [6, 6.07) is 17.8. The number of para-hydroxylation sites is 1. The summed E-state index contributed by atoms with van der Waals surface area (Å²) in [5, 5.41) is 12.3. The van der Waals surface area contributed by atoms with Crippen molar-refractivity contribution in [3.05, 3.63) is 87.9 Å². The van der Waals surface area contributed by atoms with E-state index in [0.29, 0.717) is 39.0 Å². The first-order valence-electron chi connectivity index (χ1n) is 10.7. The molecule has 0 unspecified atom stereocenters. The molecule has 2 aromatic carbocycles. The normalized spacial score (nSPS) is 12.0. The molecule has 3 aromatic heterocycles. The van der Waals surface area contributed by atoms with E-state index in [1.54, 1.807) is 56.3 Å². The van der Waals surface area contributed by atoms with Gasteiger partial charge in [-0.3, -0.25) is 14.6 Å². The van der Waals surface area contributed by atoms with Crippen LogP contribution in [0.25, 0.3) is 22.7 Å². The highest BCUT2D eigenvalue weighted by Crippen LogP contribution is 2.20. The summed E-state index contributed by atoms with van der Waals surface area (Å²) in [5.41, 5.74) is 1.18. The first-order valence-corrected chi connectivity index (χ1v) is 11.1. The van der Waals surface area contributed by atoms with Crippen molar-refractivity contribution in [2.45, 2.75) is 20.0 Å². The van der Waals surface area contributed by atoms with Gasteiger partial charge in [-0.1, -0.05) is 35.9 Å². The number of H-pyrrole nitrogens is 1. The zero-order valence-corrected chi connectivity index (χ0v) is 19.5. The van der Waals surface area contributed by atoms with Crippen molar-refractivity contribution < 1.29 is 9.53 Å². The Labute approximate surface area is 204 Å². The number of nitrogens with zero attached hydrogens (tertiary/aromatic N) is 5. The standard InChI is InChI=1S/C24H20ClN7O3/c1-14-11-20(27-22(33)15(2)35-18-9-4-3-5-10-18)32(30-14)24-28-21-19(23(34)29-24)13-26-31(21)17-8-6-7-16(25)12-17/h3-13,15H,1-2H3,(H,27,33)(H,28,29,34)/t15-/m1/s1. The van der Waals surface area contributed by atoms with Gasteiger partial charge in [-0.15, -0.1) is 0 Å². The maximum absolute atomic E-state index is 12.8. The van der Waals surface area contributed by atoms with E-state index in [1.165, 1.54) is 15.6 Å². The molecule has 0 saturated carbocycles. The predicted octanol–water partition coefficient (Wildman–Crippen LogP) is 3.66. The number of carbonyl (C=O) groups is 1. The van der Waals surface area contributed by atoms with Gasteiger partial charge < -0.3 is 10.1 Å². The molecule has 0 aliphatic carbocycles. The molecule has 10 nitrogen and oxygen atoms in total. The molecule has 3 heterocycles. The van der Waals surface area contributed by atoms with E-state index in [9.17, 15) is 9.59 Å². The summed E-state index contributed by atoms with van der Waals surface area (Å²) in [6.45, 7) is 3.41. The third-order valence-corrected chi connectivity index (χ3v) is 5.42. The van der Waals surface area contributed by atoms with Crippen LogP contribution < -0.4 is 15.6 Å². The summed E-state index contributed by atoms with van der Waals surface area (Å²) >= 11 is 6.13. The minimum atomic E-state index is -0.778. The molecule has 1 amide bonds. The number of fused-ring (bicyclic) bond motifs is 1. The second-order valence-corrected chi connectivity index (χ2v) is 8.24. The fraction of sp³-hybridized carbons (Fsp3) is 0.125. The highest BCUT2D eigenvalue weighted by atomic mass is 35.5. The van der Waals surface area contributed by atoms with Crippen molar-refractivity contribution in [2.75, 3.05) is 5.32 Å². The topological polar surface area (TPSA) is 120 Å². The van der Waals surface area contributed by atoms with E-state index < -0.39 is 11.7 Å². The van der Waals surface area contributed by atoms with Crippen LogP contribution in [-0.2, 0) is 4.79 Å². The highest BCUT2D eigenvalue weighted by Gasteiger charge is 2.20. The number of nitrogens with one attached hydrogen (secondary N) is 2. The molecule has 0 spiro atoms. The maximum atomic E-state index is 12.8. The Bertz CT molecular complexity index is 1590. The Balaban J connectivity index is 1.49. The molecule has 11 heteroatoms. The molecule has 0 fully saturated rings. The second-order valence-electron chi connectivity index (χ2n) is 7.81. The quantitative estimate of drug-likeness (QED) is 0.375. The van der Waals surface area contributed by atoms with Gasteiger partial charge in [-0.25, -0.2) is 4.68 Å². The molecule has 0 saturated heterocycles. The number of aromatic amines is 1. The smallest absolute Gasteiger partial charge is 0.266 e. The molecule has 5 aromatic rings. The summed E-state index contributed by atoms with van der Waals surface area (Å²) in [7, 11) is 0. The van der Waals surface area contributed by atoms with Gasteiger partial charge in [-0.05, 0) is 44.2 Å². The average Bonchev–Trinajstić information content (AvgIpc) is 3.43. The van der Waals surface area contributed by atoms with Crippen LogP contribution >= 0.6 is 11.6 Å². The number of hydrogen-bond donors (Lipinski definition) is 2. The number of carbonyl (C=O) groups excluding carboxylic acids is 1. The van der Waals surface area contributed by atoms with Crippen molar-refractivity contribution in [1.82, 2.24) is 29.5 Å². The van der Waals surface area contributed by atoms with Crippen LogP contribution in [0.5, 0.6) is 5.75 Å². The number of aromatic nitrogens is 6. The zero-order valence-electron chi connectivity index (χ0n) is 18.8. The monoisotopic (exact) mass is 489 g/mol. The molecule has 1 atom stereocenters. The molecular formula is C24H20ClN7O3. The maximum Gasteiger partial charge on any atom is 0.266 e. The third kappa shape index (κ3) is 4.51. The van der Waals surface area contributed by atoms with E-state index in [1.807, 2.05) is 18.2 Å². The fourth-order valence-corrected chi connectivity index (χ4v) is 3.72. The molecule has 0 aliphatic rings. The van der Waals surface area contributed by atoms with E-state index in [0.717, 1.165) is 0 Å². The molecule has 176 valence electrons. The zero-order chi connectivity index (χ0) is 24.5. The van der Waals surface area contributed by atoms with E-state index in [-0.39, 0.29) is 11.9 Å². The van der Waals surface area contributed by atoms with Crippen molar-refractivity contribution in [2.24, 2.45) is 0 Å². The SMILES string of the molecule is Cc1cc(NC(=O)[C@@H](C)Oc2ccccc2)n(-c2nc3c(cnn3-c3cccc(Cl)c3)c(=O)[nH]2)n1. The lowest BCUT2D eigenvalue weighted by Gasteiger charge is -2.15. The lowest BCUT2D eigenvalue weighted by Crippen LogP contribution is -2.31. The summed E-state index contributed by atoms with van der Waals surface area (Å²) in [6.07, 6.45) is 0.658. The van der Waals surface area contributed by atoms with Gasteiger partial charge in [0.05, 0.1) is 17.6 Å². The van der Waals surface area contributed by atoms with Crippen LogP contribution in [0.1, 0.15) is 12.6 Å². The molecule has 2 N–H and O–H groups in total. The number of benzene rings is 2. The molecule has 0 radical (unpaired) electrons. The summed E-state index contributed by atoms with van der Waals surface area (Å²) in [4.78, 5) is 32.9. The number of anilines is 1. The predicted molar refractivity (Wildman–Crippen MR) is 132 cm³/mol. The van der Waals surface area contributed by atoms with Crippen LogP contribution in [0, 0.1) is 6.92 Å². The number of halogens is 1. The first kappa shape index (κ1) is 22.4. The third-order valence-electron chi connectivity index (χ3n) is 5.19. The largest absolute Gasteiger partial charge is 0.481 e. The van der Waals surface area contributed by atoms with E-state index in [2.05, 4.69) is 25.5 Å². The Morgan fingerprint density at radius 3 is 2.69 bits per heavy atom. The number of aryl methyl sites for hydroxylation is 1. The number of ether oxygens (including phenoxy) is 1. The second kappa shape index (κ2) is 9.07. The molecule has 0 aliphatic heterocycles. The summed E-state index contributed by atoms with van der Waals surface area (Å²) in [5.74, 6) is 0.631. The van der Waals surface area contributed by atoms with Crippen molar-refractivity contribution >= 4 is 34.4 Å². The average molecular weight is 490 g/mol. The van der Waals surface area contributed by atoms with E-state index in [4.69, 9.17) is 16.3 Å². The van der Waals surface area contributed by atoms with Gasteiger partial charge in [-0.2, -0.15) is 19.9 Å². The lowest BCUT2D eigenvalue weighted by atomic mass is 10.3. The van der Waals surface area contributed by atoms with Crippen molar-refractivity contribution in [3.8, 4) is 17.4 Å². The van der Waals surface area contributed by atoms with Gasteiger partial charge in [0.2, 0.25) is 5.95 Å². The van der Waals surface area contributed by atoms with Gasteiger partial charge in [0.15, 0.2) is 11.8 Å². The lowest BCUT2D eigenvalue weighted by molar-refractivity contribution is -0.122. The molecule has 0 bridgehead atoms.